The second-order valence-corrected chi connectivity index (χ2v) is 5.09. The molecule has 0 saturated carbocycles. The zero-order chi connectivity index (χ0) is 12.4. The van der Waals surface area contributed by atoms with Gasteiger partial charge in [0.25, 0.3) is 0 Å². The largest absolute Gasteiger partial charge is 0.508 e. The highest BCUT2D eigenvalue weighted by molar-refractivity contribution is 5.97. The van der Waals surface area contributed by atoms with Crippen molar-refractivity contribution in [3.8, 4) is 5.75 Å². The molecule has 2 unspecified atom stereocenters. The molecule has 3 heteroatoms. The summed E-state index contributed by atoms with van der Waals surface area (Å²) < 4.78 is 0. The van der Waals surface area contributed by atoms with Gasteiger partial charge in [-0.05, 0) is 43.5 Å². The lowest BCUT2D eigenvalue weighted by Gasteiger charge is -2.19. The topological polar surface area (TPSA) is 40.5 Å². The quantitative estimate of drug-likeness (QED) is 0.814. The molecule has 2 atom stereocenters. The van der Waals surface area contributed by atoms with Crippen LogP contribution in [0.15, 0.2) is 24.3 Å². The Morgan fingerprint density at radius 1 is 1.35 bits per heavy atom. The van der Waals surface area contributed by atoms with Crippen LogP contribution < -0.4 is 0 Å². The second-order valence-electron chi connectivity index (χ2n) is 5.09. The number of rotatable bonds is 3. The van der Waals surface area contributed by atoms with E-state index < -0.39 is 0 Å². The molecule has 1 aliphatic rings. The first-order chi connectivity index (χ1) is 8.06. The van der Waals surface area contributed by atoms with Gasteiger partial charge in [-0.25, -0.2) is 0 Å². The minimum absolute atomic E-state index is 0.131. The molecule has 92 valence electrons. The number of hydrogen-bond acceptors (Lipinski definition) is 3. The molecule has 1 N–H and O–H groups in total. The fraction of sp³-hybridized carbons (Fsp3) is 0.500. The van der Waals surface area contributed by atoms with Crippen molar-refractivity contribution in [3.05, 3.63) is 29.8 Å². The molecule has 1 aromatic carbocycles. The number of carbonyl (C=O) groups is 1. The summed E-state index contributed by atoms with van der Waals surface area (Å²) in [6, 6.07) is 6.97. The normalized spacial score (nSPS) is 25.1. The monoisotopic (exact) mass is 233 g/mol. The van der Waals surface area contributed by atoms with Gasteiger partial charge >= 0.3 is 0 Å². The molecule has 0 bridgehead atoms. The lowest BCUT2D eigenvalue weighted by Crippen LogP contribution is -2.32. The van der Waals surface area contributed by atoms with Crippen molar-refractivity contribution in [1.29, 1.82) is 0 Å². The van der Waals surface area contributed by atoms with E-state index in [1.807, 2.05) is 0 Å². The zero-order valence-corrected chi connectivity index (χ0v) is 10.4. The number of benzene rings is 1. The summed E-state index contributed by atoms with van der Waals surface area (Å²) >= 11 is 0. The maximum absolute atomic E-state index is 12.0. The summed E-state index contributed by atoms with van der Waals surface area (Å²) in [4.78, 5) is 14.3. The van der Waals surface area contributed by atoms with Crippen molar-refractivity contribution in [2.45, 2.75) is 26.3 Å². The molecule has 1 saturated heterocycles. The van der Waals surface area contributed by atoms with Crippen LogP contribution in [0.3, 0.4) is 0 Å². The van der Waals surface area contributed by atoms with E-state index in [0.717, 1.165) is 6.54 Å². The highest BCUT2D eigenvalue weighted by atomic mass is 16.3. The van der Waals surface area contributed by atoms with Gasteiger partial charge < -0.3 is 5.11 Å². The van der Waals surface area contributed by atoms with E-state index in [1.165, 1.54) is 6.42 Å². The number of hydrogen-bond donors (Lipinski definition) is 1. The number of aromatic hydroxyl groups is 1. The lowest BCUT2D eigenvalue weighted by atomic mass is 10.1. The molecule has 3 nitrogen and oxygen atoms in total. The molecule has 2 rings (SSSR count). The van der Waals surface area contributed by atoms with Crippen molar-refractivity contribution >= 4 is 5.78 Å². The van der Waals surface area contributed by atoms with Crippen LogP contribution in [0, 0.1) is 5.92 Å². The van der Waals surface area contributed by atoms with Gasteiger partial charge in [0, 0.05) is 18.2 Å². The fourth-order valence-electron chi connectivity index (χ4n) is 2.53. The Balaban J connectivity index is 2.00. The van der Waals surface area contributed by atoms with Gasteiger partial charge in [0.05, 0.1) is 6.54 Å². The zero-order valence-electron chi connectivity index (χ0n) is 10.4. The average Bonchev–Trinajstić information content (AvgIpc) is 2.58. The molecular weight excluding hydrogens is 214 g/mol. The fourth-order valence-corrected chi connectivity index (χ4v) is 2.53. The van der Waals surface area contributed by atoms with Crippen LogP contribution in [0.2, 0.25) is 0 Å². The third-order valence-electron chi connectivity index (χ3n) is 3.45. The van der Waals surface area contributed by atoms with Crippen molar-refractivity contribution in [2.75, 3.05) is 13.1 Å². The Morgan fingerprint density at radius 2 is 2.00 bits per heavy atom. The average molecular weight is 233 g/mol. The molecule has 0 aliphatic carbocycles. The van der Waals surface area contributed by atoms with Crippen molar-refractivity contribution in [1.82, 2.24) is 4.90 Å². The Morgan fingerprint density at radius 3 is 2.53 bits per heavy atom. The minimum Gasteiger partial charge on any atom is -0.508 e. The van der Waals surface area contributed by atoms with E-state index in [-0.39, 0.29) is 11.5 Å². The van der Waals surface area contributed by atoms with E-state index in [2.05, 4.69) is 18.7 Å². The third-order valence-corrected chi connectivity index (χ3v) is 3.45. The van der Waals surface area contributed by atoms with E-state index in [1.54, 1.807) is 24.3 Å². The van der Waals surface area contributed by atoms with E-state index >= 15 is 0 Å². The third kappa shape index (κ3) is 2.86. The Labute approximate surface area is 102 Å². The first-order valence-electron chi connectivity index (χ1n) is 6.12. The second kappa shape index (κ2) is 4.88. The molecule has 0 amide bonds. The Hall–Kier alpha value is -1.35. The van der Waals surface area contributed by atoms with E-state index in [0.29, 0.717) is 24.1 Å². The molecule has 17 heavy (non-hydrogen) atoms. The number of phenols is 1. The maximum atomic E-state index is 12.0. The van der Waals surface area contributed by atoms with Crippen molar-refractivity contribution in [3.63, 3.8) is 0 Å². The van der Waals surface area contributed by atoms with Gasteiger partial charge in [0.2, 0.25) is 0 Å². The number of ketones is 1. The van der Waals surface area contributed by atoms with Crippen LogP contribution in [0.5, 0.6) is 5.75 Å². The summed E-state index contributed by atoms with van der Waals surface area (Å²) in [6.07, 6.45) is 1.17. The highest BCUT2D eigenvalue weighted by Crippen LogP contribution is 2.22. The van der Waals surface area contributed by atoms with Crippen LogP contribution in [0.4, 0.5) is 0 Å². The summed E-state index contributed by atoms with van der Waals surface area (Å²) in [7, 11) is 0. The summed E-state index contributed by atoms with van der Waals surface area (Å²) in [5.74, 6) is 1.01. The summed E-state index contributed by atoms with van der Waals surface area (Å²) in [5.41, 5.74) is 0.676. The van der Waals surface area contributed by atoms with Gasteiger partial charge in [0.1, 0.15) is 5.75 Å². The van der Waals surface area contributed by atoms with E-state index in [9.17, 15) is 9.90 Å². The first-order valence-corrected chi connectivity index (χ1v) is 6.12. The number of Topliss-reactive ketones (excluding diaryl/α,β-unsaturated/α-hetero) is 1. The molecule has 1 aromatic rings. The van der Waals surface area contributed by atoms with Crippen LogP contribution in [0.25, 0.3) is 0 Å². The van der Waals surface area contributed by atoms with E-state index in [4.69, 9.17) is 0 Å². The number of nitrogens with zero attached hydrogens (tertiary/aromatic N) is 1. The molecule has 1 heterocycles. The number of carbonyl (C=O) groups excluding carboxylic acids is 1. The molecule has 0 spiro atoms. The lowest BCUT2D eigenvalue weighted by molar-refractivity contribution is 0.0925. The van der Waals surface area contributed by atoms with Crippen LogP contribution in [-0.2, 0) is 0 Å². The minimum atomic E-state index is 0.131. The van der Waals surface area contributed by atoms with Crippen molar-refractivity contribution < 1.29 is 9.90 Å². The maximum Gasteiger partial charge on any atom is 0.176 e. The Bertz CT molecular complexity index is 399. The van der Waals surface area contributed by atoms with Gasteiger partial charge in [-0.3, -0.25) is 9.69 Å². The highest BCUT2D eigenvalue weighted by Gasteiger charge is 2.27. The van der Waals surface area contributed by atoms with Gasteiger partial charge in [-0.15, -0.1) is 0 Å². The van der Waals surface area contributed by atoms with Crippen LogP contribution in [-0.4, -0.2) is 34.9 Å². The van der Waals surface area contributed by atoms with Gasteiger partial charge in [-0.1, -0.05) is 6.92 Å². The summed E-state index contributed by atoms with van der Waals surface area (Å²) in [6.45, 7) is 5.89. The van der Waals surface area contributed by atoms with Crippen LogP contribution in [0.1, 0.15) is 30.6 Å². The molecule has 1 aliphatic heterocycles. The molecular formula is C14H19NO2. The first kappa shape index (κ1) is 12.1. The van der Waals surface area contributed by atoms with Gasteiger partial charge in [0.15, 0.2) is 5.78 Å². The van der Waals surface area contributed by atoms with Crippen molar-refractivity contribution in [2.24, 2.45) is 5.92 Å². The number of likely N-dealkylation sites (tertiary alicyclic amines) is 1. The smallest absolute Gasteiger partial charge is 0.176 e. The Kier molecular flexibility index (Phi) is 3.48. The van der Waals surface area contributed by atoms with Gasteiger partial charge in [-0.2, -0.15) is 0 Å². The SMILES string of the molecule is CC1CC(C)N(CC(=O)c2ccc(O)cc2)C1. The number of phenolic OH excluding ortho intramolecular Hbond substituents is 1. The molecule has 0 aromatic heterocycles. The summed E-state index contributed by atoms with van der Waals surface area (Å²) in [5, 5.41) is 9.18. The predicted molar refractivity (Wildman–Crippen MR) is 67.3 cm³/mol. The van der Waals surface area contributed by atoms with Crippen LogP contribution >= 0.6 is 0 Å². The molecule has 0 radical (unpaired) electrons. The standard InChI is InChI=1S/C14H19NO2/c1-10-7-11(2)15(8-10)9-14(17)12-3-5-13(16)6-4-12/h3-6,10-11,16H,7-9H2,1-2H3. The molecule has 1 fully saturated rings. The predicted octanol–water partition coefficient (Wildman–Crippen LogP) is 2.31.